The number of halogens is 1. The summed E-state index contributed by atoms with van der Waals surface area (Å²) in [5.74, 6) is -1.03. The summed E-state index contributed by atoms with van der Waals surface area (Å²) in [4.78, 5) is 35.6. The number of rotatable bonds is 11. The molecule has 0 radical (unpaired) electrons. The molecule has 0 aromatic heterocycles. The maximum absolute atomic E-state index is 13.0. The van der Waals surface area contributed by atoms with E-state index in [1.54, 1.807) is 42.5 Å². The third kappa shape index (κ3) is 7.18. The summed E-state index contributed by atoms with van der Waals surface area (Å²) in [5.41, 5.74) is 1.25. The first-order valence-corrected chi connectivity index (χ1v) is 10.8. The van der Waals surface area contributed by atoms with Gasteiger partial charge in [-0.15, -0.1) is 0 Å². The number of ketones is 1. The van der Waals surface area contributed by atoms with Crippen molar-refractivity contribution in [2.45, 2.75) is 24.6 Å². The monoisotopic (exact) mass is 464 g/mol. The molecule has 0 bridgehead atoms. The second-order valence-electron chi connectivity index (χ2n) is 6.64. The van der Waals surface area contributed by atoms with E-state index in [1.165, 1.54) is 32.9 Å². The molecule has 0 saturated carbocycles. The number of carboxylic acids is 1. The molecule has 2 atom stereocenters. The summed E-state index contributed by atoms with van der Waals surface area (Å²) < 4.78 is 10.5. The fourth-order valence-corrected chi connectivity index (χ4v) is 4.26. The Labute approximate surface area is 190 Å². The molecule has 2 unspecified atom stereocenters. The van der Waals surface area contributed by atoms with Crippen LogP contribution in [0.3, 0.4) is 0 Å². The van der Waals surface area contributed by atoms with Crippen molar-refractivity contribution in [3.8, 4) is 11.5 Å². The molecule has 166 valence electrons. The number of ether oxygens (including phenoxy) is 2. The maximum atomic E-state index is 13.0. The van der Waals surface area contributed by atoms with Crippen LogP contribution in [-0.2, 0) is 9.59 Å². The predicted octanol–water partition coefficient (Wildman–Crippen LogP) is 2.66. The highest BCUT2D eigenvalue weighted by Crippen LogP contribution is 2.35. The third-order valence-electron chi connectivity index (χ3n) is 4.44. The van der Waals surface area contributed by atoms with Gasteiger partial charge >= 0.3 is 0 Å². The topological polar surface area (TPSA) is 105 Å². The largest absolute Gasteiger partial charge is 0.548 e. The highest BCUT2D eigenvalue weighted by Gasteiger charge is 2.22. The number of thioether (sulfide) groups is 1. The molecule has 0 aliphatic carbocycles. The number of amides is 1. The van der Waals surface area contributed by atoms with Crippen molar-refractivity contribution in [3.05, 3.63) is 58.6 Å². The minimum Gasteiger partial charge on any atom is -0.548 e. The molecule has 2 aromatic carbocycles. The lowest BCUT2D eigenvalue weighted by atomic mass is 10.0. The average Bonchev–Trinajstić information content (AvgIpc) is 2.75. The summed E-state index contributed by atoms with van der Waals surface area (Å²) >= 11 is 7.22. The molecule has 0 heterocycles. The van der Waals surface area contributed by atoms with E-state index in [1.807, 2.05) is 0 Å². The lowest BCUT2D eigenvalue weighted by Gasteiger charge is -2.22. The van der Waals surface area contributed by atoms with Gasteiger partial charge in [0, 0.05) is 34.9 Å². The van der Waals surface area contributed by atoms with Crippen LogP contribution >= 0.6 is 23.4 Å². The van der Waals surface area contributed by atoms with Crippen LogP contribution in [0.4, 0.5) is 0 Å². The highest BCUT2D eigenvalue weighted by atomic mass is 35.5. The first-order valence-electron chi connectivity index (χ1n) is 9.35. The molecule has 9 heteroatoms. The normalized spacial score (nSPS) is 12.5. The summed E-state index contributed by atoms with van der Waals surface area (Å²) in [5, 5.41) is 13.9. The molecule has 1 amide bonds. The molecule has 2 rings (SSSR count). The van der Waals surface area contributed by atoms with E-state index in [0.717, 1.165) is 5.56 Å². The van der Waals surface area contributed by atoms with Crippen LogP contribution in [0.5, 0.6) is 11.5 Å². The van der Waals surface area contributed by atoms with Crippen LogP contribution in [-0.4, -0.2) is 43.7 Å². The van der Waals surface area contributed by atoms with Crippen LogP contribution in [0.2, 0.25) is 5.02 Å². The highest BCUT2D eigenvalue weighted by molar-refractivity contribution is 7.99. The first kappa shape index (κ1) is 24.6. The lowest BCUT2D eigenvalue weighted by molar-refractivity contribution is -0.307. The fraction of sp³-hybridized carbons (Fsp3) is 0.318. The van der Waals surface area contributed by atoms with Gasteiger partial charge in [-0.25, -0.2) is 0 Å². The quantitative estimate of drug-likeness (QED) is 0.509. The van der Waals surface area contributed by atoms with Gasteiger partial charge in [-0.2, -0.15) is 11.8 Å². The zero-order chi connectivity index (χ0) is 23.0. The number of hydrogen-bond donors (Lipinski definition) is 1. The van der Waals surface area contributed by atoms with Gasteiger partial charge in [-0.1, -0.05) is 23.7 Å². The lowest BCUT2D eigenvalue weighted by Crippen LogP contribution is -2.48. The van der Waals surface area contributed by atoms with Crippen molar-refractivity contribution in [2.75, 3.05) is 20.0 Å². The molecule has 2 aromatic rings. The minimum atomic E-state index is -1.39. The molecule has 0 aliphatic rings. The molecule has 0 spiro atoms. The van der Waals surface area contributed by atoms with E-state index in [9.17, 15) is 19.5 Å². The summed E-state index contributed by atoms with van der Waals surface area (Å²) in [6.45, 7) is 1.23. The Bertz CT molecular complexity index is 934. The third-order valence-corrected chi connectivity index (χ3v) is 6.06. The Morgan fingerprint density at radius 2 is 1.71 bits per heavy atom. The number of aliphatic carboxylic acids is 1. The van der Waals surface area contributed by atoms with Crippen molar-refractivity contribution >= 4 is 41.0 Å². The maximum Gasteiger partial charge on any atom is 0.217 e. The van der Waals surface area contributed by atoms with E-state index in [-0.39, 0.29) is 23.2 Å². The number of carboxylic acid groups (broad SMARTS) is 1. The number of Topliss-reactive ketones (excluding diaryl/α,β-unsaturated/α-hetero) is 1. The Hall–Kier alpha value is -2.71. The van der Waals surface area contributed by atoms with Crippen molar-refractivity contribution in [3.63, 3.8) is 0 Å². The van der Waals surface area contributed by atoms with Gasteiger partial charge in [0.2, 0.25) is 5.91 Å². The smallest absolute Gasteiger partial charge is 0.217 e. The van der Waals surface area contributed by atoms with Crippen LogP contribution in [0, 0.1) is 0 Å². The van der Waals surface area contributed by atoms with E-state index in [0.29, 0.717) is 22.1 Å². The molecule has 7 nitrogen and oxygen atoms in total. The molecule has 0 aliphatic heterocycles. The Kier molecular flexibility index (Phi) is 9.21. The van der Waals surface area contributed by atoms with Crippen molar-refractivity contribution in [1.29, 1.82) is 0 Å². The fourth-order valence-electron chi connectivity index (χ4n) is 2.87. The van der Waals surface area contributed by atoms with E-state index in [4.69, 9.17) is 21.1 Å². The van der Waals surface area contributed by atoms with E-state index >= 15 is 0 Å². The summed E-state index contributed by atoms with van der Waals surface area (Å²) in [6.07, 6.45) is 0.0988. The van der Waals surface area contributed by atoms with Gasteiger partial charge < -0.3 is 24.7 Å². The van der Waals surface area contributed by atoms with Gasteiger partial charge in [-0.3, -0.25) is 9.59 Å². The molecular weight excluding hydrogens is 442 g/mol. The molecule has 31 heavy (non-hydrogen) atoms. The van der Waals surface area contributed by atoms with E-state index in [2.05, 4.69) is 5.32 Å². The van der Waals surface area contributed by atoms with Gasteiger partial charge in [0.25, 0.3) is 0 Å². The number of benzene rings is 2. The van der Waals surface area contributed by atoms with Gasteiger partial charge in [0.1, 0.15) is 0 Å². The Morgan fingerprint density at radius 1 is 1.06 bits per heavy atom. The van der Waals surface area contributed by atoms with Gasteiger partial charge in [-0.05, 0) is 35.9 Å². The number of hydrogen-bond acceptors (Lipinski definition) is 7. The predicted molar refractivity (Wildman–Crippen MR) is 118 cm³/mol. The number of carbonyl (C=O) groups excluding carboxylic acids is 3. The van der Waals surface area contributed by atoms with Gasteiger partial charge in [0.15, 0.2) is 17.3 Å². The zero-order valence-electron chi connectivity index (χ0n) is 17.3. The number of methoxy groups -OCH3 is 2. The number of nitrogens with one attached hydrogen (secondary N) is 1. The summed E-state index contributed by atoms with van der Waals surface area (Å²) in [6, 6.07) is 10.7. The first-order chi connectivity index (χ1) is 14.7. The Balaban J connectivity index is 2.24. The zero-order valence-corrected chi connectivity index (χ0v) is 18.9. The Morgan fingerprint density at radius 3 is 2.26 bits per heavy atom. The van der Waals surface area contributed by atoms with Crippen molar-refractivity contribution < 1.29 is 29.0 Å². The second kappa shape index (κ2) is 11.6. The van der Waals surface area contributed by atoms with Gasteiger partial charge in [0.05, 0.1) is 26.2 Å². The van der Waals surface area contributed by atoms with E-state index < -0.39 is 17.9 Å². The van der Waals surface area contributed by atoms with Crippen LogP contribution < -0.4 is 19.9 Å². The molecule has 1 N–H and O–H groups in total. The molecule has 0 saturated heterocycles. The second-order valence-corrected chi connectivity index (χ2v) is 8.31. The number of carbonyl (C=O) groups is 3. The average molecular weight is 465 g/mol. The van der Waals surface area contributed by atoms with Crippen LogP contribution in [0.1, 0.15) is 34.5 Å². The van der Waals surface area contributed by atoms with Crippen molar-refractivity contribution in [2.24, 2.45) is 0 Å². The SMILES string of the molecule is COc1ccc(C(=O)CC(SCC(NC(C)=O)C(=O)[O-])c2ccc(Cl)cc2)cc1OC. The molecule has 0 fully saturated rings. The standard InChI is InChI=1S/C22H24ClNO6S/c1-13(25)24-17(22(27)28)12-31-21(14-4-7-16(23)8-5-14)11-18(26)15-6-9-19(29-2)20(10-15)30-3/h4-10,17,21H,11-12H2,1-3H3,(H,24,25)(H,27,28)/p-1. The van der Waals surface area contributed by atoms with Crippen LogP contribution in [0.25, 0.3) is 0 Å². The van der Waals surface area contributed by atoms with Crippen LogP contribution in [0.15, 0.2) is 42.5 Å². The summed E-state index contributed by atoms with van der Waals surface area (Å²) in [7, 11) is 3.00. The minimum absolute atomic E-state index is 0.0361. The van der Waals surface area contributed by atoms with Crippen molar-refractivity contribution in [1.82, 2.24) is 5.32 Å². The molecular formula is C22H23ClNO6S-.